The number of hydrogen-bond acceptors (Lipinski definition) is 6. The molecule has 0 aliphatic carbocycles. The van der Waals surface area contributed by atoms with E-state index in [4.69, 9.17) is 14.2 Å². The third-order valence-corrected chi connectivity index (χ3v) is 4.14. The summed E-state index contributed by atoms with van der Waals surface area (Å²) >= 11 is 0. The summed E-state index contributed by atoms with van der Waals surface area (Å²) in [4.78, 5) is 38.2. The summed E-state index contributed by atoms with van der Waals surface area (Å²) in [5.41, 5.74) is 0.729. The molecule has 1 fully saturated rings. The van der Waals surface area contributed by atoms with Crippen LogP contribution in [0.25, 0.3) is 0 Å². The zero-order chi connectivity index (χ0) is 19.0. The van der Waals surface area contributed by atoms with Gasteiger partial charge < -0.3 is 19.5 Å². The number of urea groups is 1. The van der Waals surface area contributed by atoms with Crippen LogP contribution >= 0.6 is 0 Å². The van der Waals surface area contributed by atoms with Gasteiger partial charge >= 0.3 is 12.0 Å². The Kier molecular flexibility index (Phi) is 4.58. The van der Waals surface area contributed by atoms with Gasteiger partial charge in [-0.3, -0.25) is 14.5 Å². The molecule has 2 aliphatic rings. The highest BCUT2D eigenvalue weighted by molar-refractivity contribution is 5.97. The molecular formula is C18H20N2O6. The quantitative estimate of drug-likeness (QED) is 0.830. The van der Waals surface area contributed by atoms with Gasteiger partial charge in [0.1, 0.15) is 5.92 Å². The Balaban J connectivity index is 2.08. The van der Waals surface area contributed by atoms with Crippen LogP contribution in [0.5, 0.6) is 11.5 Å². The predicted octanol–water partition coefficient (Wildman–Crippen LogP) is 2.11. The lowest BCUT2D eigenvalue weighted by Gasteiger charge is -2.40. The fraction of sp³-hybridized carbons (Fsp3) is 0.389. The molecule has 0 radical (unpaired) electrons. The van der Waals surface area contributed by atoms with Crippen molar-refractivity contribution in [1.29, 1.82) is 0 Å². The first kappa shape index (κ1) is 17.8. The second-order valence-corrected chi connectivity index (χ2v) is 6.37. The Morgan fingerprint density at radius 1 is 1.31 bits per heavy atom. The zero-order valence-electron chi connectivity index (χ0n) is 14.8. The highest BCUT2D eigenvalue weighted by atomic mass is 16.7. The molecule has 8 nitrogen and oxygen atoms in total. The van der Waals surface area contributed by atoms with Gasteiger partial charge in [-0.2, -0.15) is 0 Å². The number of nitrogens with zero attached hydrogens (tertiary/aromatic N) is 1. The Morgan fingerprint density at radius 2 is 2.00 bits per heavy atom. The van der Waals surface area contributed by atoms with E-state index in [0.717, 1.165) is 4.90 Å². The van der Waals surface area contributed by atoms with Gasteiger partial charge in [0.05, 0.1) is 12.1 Å². The zero-order valence-corrected chi connectivity index (χ0v) is 14.8. The van der Waals surface area contributed by atoms with Gasteiger partial charge in [0, 0.05) is 12.6 Å². The summed E-state index contributed by atoms with van der Waals surface area (Å²) in [6, 6.07) is 3.49. The fourth-order valence-corrected chi connectivity index (χ4v) is 3.10. The van der Waals surface area contributed by atoms with Crippen molar-refractivity contribution in [1.82, 2.24) is 10.2 Å². The molecule has 0 spiro atoms. The lowest BCUT2D eigenvalue weighted by Crippen LogP contribution is -2.55. The van der Waals surface area contributed by atoms with Crippen molar-refractivity contribution in [3.8, 4) is 11.5 Å². The largest absolute Gasteiger partial charge is 0.462 e. The molecule has 0 unspecified atom stereocenters. The third-order valence-electron chi connectivity index (χ3n) is 4.14. The summed E-state index contributed by atoms with van der Waals surface area (Å²) in [5.74, 6) is -0.972. The van der Waals surface area contributed by atoms with Crippen LogP contribution in [0.2, 0.25) is 0 Å². The molecule has 2 aliphatic heterocycles. The SMILES string of the molecule is C=C1NC(=O)N(C(C)=O)[C@@H](c2ccc3c(c2)OCO3)[C@@H]1C(=O)OC(C)C. The molecule has 0 saturated carbocycles. The molecule has 1 N–H and O–H groups in total. The second-order valence-electron chi connectivity index (χ2n) is 6.37. The van der Waals surface area contributed by atoms with E-state index in [1.165, 1.54) is 6.92 Å². The molecule has 0 aromatic heterocycles. The first-order valence-corrected chi connectivity index (χ1v) is 8.19. The normalized spacial score (nSPS) is 21.6. The number of hydrogen-bond donors (Lipinski definition) is 1. The number of amides is 3. The Bertz CT molecular complexity index is 788. The van der Waals surface area contributed by atoms with Crippen LogP contribution in [-0.4, -0.2) is 35.7 Å². The van der Waals surface area contributed by atoms with Crippen LogP contribution in [0, 0.1) is 5.92 Å². The molecule has 8 heteroatoms. The highest BCUT2D eigenvalue weighted by Gasteiger charge is 2.46. The number of fused-ring (bicyclic) bond motifs is 1. The van der Waals surface area contributed by atoms with Crippen LogP contribution in [0.3, 0.4) is 0 Å². The van der Waals surface area contributed by atoms with Gasteiger partial charge in [-0.25, -0.2) is 4.79 Å². The van der Waals surface area contributed by atoms with Crippen LogP contribution in [0.15, 0.2) is 30.5 Å². The smallest absolute Gasteiger partial charge is 0.328 e. The minimum Gasteiger partial charge on any atom is -0.462 e. The number of benzene rings is 1. The predicted molar refractivity (Wildman–Crippen MR) is 90.2 cm³/mol. The lowest BCUT2D eigenvalue weighted by molar-refractivity contribution is -0.154. The summed E-state index contributed by atoms with van der Waals surface area (Å²) < 4.78 is 16.0. The first-order valence-electron chi connectivity index (χ1n) is 8.19. The van der Waals surface area contributed by atoms with Crippen molar-refractivity contribution in [2.45, 2.75) is 32.9 Å². The number of imide groups is 1. The van der Waals surface area contributed by atoms with E-state index in [9.17, 15) is 14.4 Å². The minimum atomic E-state index is -0.945. The molecule has 1 saturated heterocycles. The maximum Gasteiger partial charge on any atom is 0.328 e. The Morgan fingerprint density at radius 3 is 2.65 bits per heavy atom. The van der Waals surface area contributed by atoms with Crippen LogP contribution in [0.1, 0.15) is 32.4 Å². The number of carbonyl (C=O) groups excluding carboxylic acids is 3. The van der Waals surface area contributed by atoms with Crippen molar-refractivity contribution in [2.24, 2.45) is 5.92 Å². The van der Waals surface area contributed by atoms with Gasteiger partial charge in [-0.05, 0) is 31.5 Å². The van der Waals surface area contributed by atoms with E-state index in [1.807, 2.05) is 0 Å². The lowest BCUT2D eigenvalue weighted by atomic mass is 9.87. The molecule has 26 heavy (non-hydrogen) atoms. The third kappa shape index (κ3) is 3.10. The van der Waals surface area contributed by atoms with Gasteiger partial charge in [0.15, 0.2) is 11.5 Å². The standard InChI is InChI=1S/C18H20N2O6/c1-9(2)26-17(22)15-10(3)19-18(23)20(11(4)21)16(15)12-5-6-13-14(7-12)25-8-24-13/h5-7,9,15-16H,3,8H2,1-2,4H3,(H,19,23)/t15-,16+/m1/s1. The monoisotopic (exact) mass is 360 g/mol. The summed E-state index contributed by atoms with van der Waals surface area (Å²) in [6.45, 7) is 8.59. The molecule has 138 valence electrons. The van der Waals surface area contributed by atoms with Crippen molar-refractivity contribution in [2.75, 3.05) is 6.79 Å². The van der Waals surface area contributed by atoms with Crippen LogP contribution in [-0.2, 0) is 14.3 Å². The molecule has 1 aromatic carbocycles. The fourth-order valence-electron chi connectivity index (χ4n) is 3.10. The van der Waals surface area contributed by atoms with Crippen molar-refractivity contribution >= 4 is 17.9 Å². The molecule has 3 rings (SSSR count). The minimum absolute atomic E-state index is 0.0892. The molecule has 2 heterocycles. The number of rotatable bonds is 3. The molecule has 1 aromatic rings. The Hall–Kier alpha value is -3.03. The maximum absolute atomic E-state index is 12.7. The average molecular weight is 360 g/mol. The molecule has 2 atom stereocenters. The van der Waals surface area contributed by atoms with Gasteiger partial charge in [0.25, 0.3) is 0 Å². The van der Waals surface area contributed by atoms with E-state index >= 15 is 0 Å². The number of ether oxygens (including phenoxy) is 3. The number of esters is 1. The molecular weight excluding hydrogens is 340 g/mol. The maximum atomic E-state index is 12.7. The number of carbonyl (C=O) groups is 3. The van der Waals surface area contributed by atoms with Crippen molar-refractivity contribution in [3.05, 3.63) is 36.0 Å². The highest BCUT2D eigenvalue weighted by Crippen LogP contribution is 2.41. The topological polar surface area (TPSA) is 94.2 Å². The first-order chi connectivity index (χ1) is 12.3. The van der Waals surface area contributed by atoms with E-state index in [1.54, 1.807) is 32.0 Å². The van der Waals surface area contributed by atoms with Gasteiger partial charge in [-0.15, -0.1) is 0 Å². The summed E-state index contributed by atoms with van der Waals surface area (Å²) in [5, 5.41) is 2.48. The number of nitrogens with one attached hydrogen (secondary N) is 1. The van der Waals surface area contributed by atoms with Crippen molar-refractivity contribution in [3.63, 3.8) is 0 Å². The molecule has 0 bridgehead atoms. The van der Waals surface area contributed by atoms with Gasteiger partial charge in [0.2, 0.25) is 12.7 Å². The summed E-state index contributed by atoms with van der Waals surface area (Å²) in [6.07, 6.45) is -0.351. The van der Waals surface area contributed by atoms with Crippen LogP contribution < -0.4 is 14.8 Å². The summed E-state index contributed by atoms with van der Waals surface area (Å²) in [7, 11) is 0. The van der Waals surface area contributed by atoms with Gasteiger partial charge in [-0.1, -0.05) is 12.6 Å². The van der Waals surface area contributed by atoms with E-state index in [2.05, 4.69) is 11.9 Å². The average Bonchev–Trinajstić information content (AvgIpc) is 3.00. The van der Waals surface area contributed by atoms with E-state index < -0.39 is 29.9 Å². The van der Waals surface area contributed by atoms with Crippen LogP contribution in [0.4, 0.5) is 4.79 Å². The van der Waals surface area contributed by atoms with E-state index in [-0.39, 0.29) is 18.6 Å². The second kappa shape index (κ2) is 6.70. The van der Waals surface area contributed by atoms with Crippen molar-refractivity contribution < 1.29 is 28.6 Å². The Labute approximate surface area is 150 Å². The molecule has 3 amide bonds. The van der Waals surface area contributed by atoms with E-state index in [0.29, 0.717) is 17.1 Å².